The second-order valence-corrected chi connectivity index (χ2v) is 4.20. The molecule has 1 aromatic carbocycles. The third-order valence-electron chi connectivity index (χ3n) is 2.87. The van der Waals surface area contributed by atoms with Gasteiger partial charge in [0.15, 0.2) is 0 Å². The van der Waals surface area contributed by atoms with Gasteiger partial charge < -0.3 is 5.73 Å². The molecule has 1 aromatic heterocycles. The van der Waals surface area contributed by atoms with E-state index in [4.69, 9.17) is 5.73 Å². The number of halogens is 3. The summed E-state index contributed by atoms with van der Waals surface area (Å²) in [5.41, 5.74) is 5.24. The van der Waals surface area contributed by atoms with Crippen molar-refractivity contribution in [1.29, 1.82) is 0 Å². The van der Waals surface area contributed by atoms with Crippen molar-refractivity contribution in [3.05, 3.63) is 47.5 Å². The van der Waals surface area contributed by atoms with Crippen LogP contribution in [0.2, 0.25) is 0 Å². The van der Waals surface area contributed by atoms with Gasteiger partial charge in [-0.25, -0.2) is 4.98 Å². The first-order valence-corrected chi connectivity index (χ1v) is 5.64. The molecular formula is C12H13F3N4. The van der Waals surface area contributed by atoms with Gasteiger partial charge in [-0.15, -0.1) is 0 Å². The minimum atomic E-state index is -4.41. The number of nitrogens with zero attached hydrogens (tertiary/aromatic N) is 3. The summed E-state index contributed by atoms with van der Waals surface area (Å²) in [6.07, 6.45) is -2.87. The third kappa shape index (κ3) is 2.93. The number of benzene rings is 1. The molecule has 0 saturated carbocycles. The molecule has 2 N–H and O–H groups in total. The minimum Gasteiger partial charge on any atom is -0.324 e. The summed E-state index contributed by atoms with van der Waals surface area (Å²) in [6.45, 7) is 0. The third-order valence-corrected chi connectivity index (χ3v) is 2.87. The van der Waals surface area contributed by atoms with Gasteiger partial charge >= 0.3 is 6.18 Å². The number of nitrogens with two attached hydrogens (primary N) is 1. The fourth-order valence-electron chi connectivity index (χ4n) is 1.89. The topological polar surface area (TPSA) is 56.7 Å². The van der Waals surface area contributed by atoms with Crippen LogP contribution >= 0.6 is 0 Å². The Labute approximate surface area is 108 Å². The minimum absolute atomic E-state index is 0.0676. The first-order chi connectivity index (χ1) is 8.89. The maximum Gasteiger partial charge on any atom is 0.416 e. The number of alkyl halides is 3. The zero-order valence-electron chi connectivity index (χ0n) is 10.2. The van der Waals surface area contributed by atoms with Crippen LogP contribution in [0.5, 0.6) is 0 Å². The highest BCUT2D eigenvalue weighted by molar-refractivity contribution is 5.32. The van der Waals surface area contributed by atoms with Crippen LogP contribution in [0.15, 0.2) is 30.6 Å². The Morgan fingerprint density at radius 3 is 2.58 bits per heavy atom. The first kappa shape index (κ1) is 13.5. The van der Waals surface area contributed by atoms with Crippen molar-refractivity contribution in [2.24, 2.45) is 12.8 Å². The summed E-state index contributed by atoms with van der Waals surface area (Å²) in [5, 5.41) is 3.86. The van der Waals surface area contributed by atoms with Crippen molar-refractivity contribution in [2.75, 3.05) is 0 Å². The lowest BCUT2D eigenvalue weighted by atomic mass is 9.98. The van der Waals surface area contributed by atoms with Crippen LogP contribution in [0.4, 0.5) is 13.2 Å². The van der Waals surface area contributed by atoms with Crippen LogP contribution in [0.1, 0.15) is 23.0 Å². The predicted molar refractivity (Wildman–Crippen MR) is 63.1 cm³/mol. The van der Waals surface area contributed by atoms with E-state index in [-0.39, 0.29) is 12.0 Å². The molecule has 0 aliphatic rings. The molecule has 2 rings (SSSR count). The fourth-order valence-corrected chi connectivity index (χ4v) is 1.89. The van der Waals surface area contributed by atoms with Crippen molar-refractivity contribution in [2.45, 2.75) is 18.6 Å². The summed E-state index contributed by atoms with van der Waals surface area (Å²) < 4.78 is 40.1. The lowest BCUT2D eigenvalue weighted by Gasteiger charge is -2.17. The molecule has 0 fully saturated rings. The summed E-state index contributed by atoms with van der Waals surface area (Å²) >= 11 is 0. The summed E-state index contributed by atoms with van der Waals surface area (Å²) in [5.74, 6) is 0.546. The smallest absolute Gasteiger partial charge is 0.324 e. The van der Waals surface area contributed by atoms with Gasteiger partial charge in [0.1, 0.15) is 12.2 Å². The van der Waals surface area contributed by atoms with E-state index in [9.17, 15) is 13.2 Å². The zero-order chi connectivity index (χ0) is 14.0. The molecule has 7 heteroatoms. The lowest BCUT2D eigenvalue weighted by molar-refractivity contribution is -0.138. The molecule has 0 aliphatic carbocycles. The highest BCUT2D eigenvalue weighted by atomic mass is 19.4. The quantitative estimate of drug-likeness (QED) is 0.929. The van der Waals surface area contributed by atoms with E-state index in [0.717, 1.165) is 6.07 Å². The average molecular weight is 270 g/mol. The molecule has 0 aliphatic heterocycles. The molecule has 1 unspecified atom stereocenters. The Hall–Kier alpha value is -1.89. The molecule has 2 aromatic rings. The Bertz CT molecular complexity index is 562. The Morgan fingerprint density at radius 2 is 2.00 bits per heavy atom. The number of hydrogen-bond donors (Lipinski definition) is 1. The van der Waals surface area contributed by atoms with Crippen molar-refractivity contribution in [3.8, 4) is 0 Å². The summed E-state index contributed by atoms with van der Waals surface area (Å²) in [4.78, 5) is 3.96. The SMILES string of the molecule is Cn1ncnc1CC(N)c1ccccc1C(F)(F)F. The Balaban J connectivity index is 2.29. The van der Waals surface area contributed by atoms with Crippen LogP contribution in [0.3, 0.4) is 0 Å². The normalized spacial score (nSPS) is 13.5. The molecule has 0 spiro atoms. The number of hydrogen-bond acceptors (Lipinski definition) is 3. The van der Waals surface area contributed by atoms with E-state index in [0.29, 0.717) is 5.82 Å². The largest absolute Gasteiger partial charge is 0.416 e. The Kier molecular flexibility index (Phi) is 3.57. The fraction of sp³-hybridized carbons (Fsp3) is 0.333. The van der Waals surface area contributed by atoms with Crippen LogP contribution in [0, 0.1) is 0 Å². The van der Waals surface area contributed by atoms with Crippen molar-refractivity contribution in [1.82, 2.24) is 14.8 Å². The monoisotopic (exact) mass is 270 g/mol. The maximum absolute atomic E-state index is 12.9. The molecule has 0 bridgehead atoms. The highest BCUT2D eigenvalue weighted by Gasteiger charge is 2.34. The number of rotatable bonds is 3. The molecule has 4 nitrogen and oxygen atoms in total. The predicted octanol–water partition coefficient (Wildman–Crippen LogP) is 2.08. The zero-order valence-corrected chi connectivity index (χ0v) is 10.2. The molecule has 0 saturated heterocycles. The van der Waals surface area contributed by atoms with Crippen LogP contribution in [-0.4, -0.2) is 14.8 Å². The second-order valence-electron chi connectivity index (χ2n) is 4.20. The van der Waals surface area contributed by atoms with Gasteiger partial charge in [-0.3, -0.25) is 4.68 Å². The van der Waals surface area contributed by atoms with Crippen molar-refractivity contribution < 1.29 is 13.2 Å². The molecule has 1 heterocycles. The van der Waals surface area contributed by atoms with Crippen LogP contribution in [-0.2, 0) is 19.6 Å². The second kappa shape index (κ2) is 5.00. The molecule has 1 atom stereocenters. The highest BCUT2D eigenvalue weighted by Crippen LogP contribution is 2.34. The van der Waals surface area contributed by atoms with Gasteiger partial charge in [-0.05, 0) is 11.6 Å². The van der Waals surface area contributed by atoms with Gasteiger partial charge in [0, 0.05) is 19.5 Å². The van der Waals surface area contributed by atoms with Crippen molar-refractivity contribution in [3.63, 3.8) is 0 Å². The number of aryl methyl sites for hydroxylation is 1. The Morgan fingerprint density at radius 1 is 1.32 bits per heavy atom. The molecule has 0 amide bonds. The van der Waals surface area contributed by atoms with Crippen LogP contribution < -0.4 is 5.73 Å². The first-order valence-electron chi connectivity index (χ1n) is 5.64. The van der Waals surface area contributed by atoms with Gasteiger partial charge in [-0.2, -0.15) is 18.3 Å². The van der Waals surface area contributed by atoms with E-state index in [1.54, 1.807) is 13.1 Å². The van der Waals surface area contributed by atoms with E-state index in [2.05, 4.69) is 10.1 Å². The van der Waals surface area contributed by atoms with Gasteiger partial charge in [0.25, 0.3) is 0 Å². The molecule has 0 radical (unpaired) electrons. The molecule has 102 valence electrons. The van der Waals surface area contributed by atoms with Gasteiger partial charge in [0.2, 0.25) is 0 Å². The summed E-state index contributed by atoms with van der Waals surface area (Å²) in [7, 11) is 1.67. The van der Waals surface area contributed by atoms with Crippen molar-refractivity contribution >= 4 is 0 Å². The average Bonchev–Trinajstić information content (AvgIpc) is 2.74. The van der Waals surface area contributed by atoms with E-state index >= 15 is 0 Å². The van der Waals surface area contributed by atoms with Gasteiger partial charge in [0.05, 0.1) is 5.56 Å². The molecular weight excluding hydrogens is 257 g/mol. The lowest BCUT2D eigenvalue weighted by Crippen LogP contribution is -2.20. The van der Waals surface area contributed by atoms with Crippen LogP contribution in [0.25, 0.3) is 0 Å². The van der Waals surface area contributed by atoms with E-state index < -0.39 is 17.8 Å². The standard InChI is InChI=1S/C12H13F3N4/c1-19-11(17-7-18-19)6-10(16)8-4-2-3-5-9(8)12(13,14)15/h2-5,7,10H,6,16H2,1H3. The maximum atomic E-state index is 12.9. The summed E-state index contributed by atoms with van der Waals surface area (Å²) in [6, 6.07) is 4.54. The van der Waals surface area contributed by atoms with Gasteiger partial charge in [-0.1, -0.05) is 18.2 Å². The number of aromatic nitrogens is 3. The van der Waals surface area contributed by atoms with E-state index in [1.165, 1.54) is 23.1 Å². The van der Waals surface area contributed by atoms with E-state index in [1.807, 2.05) is 0 Å². The molecule has 19 heavy (non-hydrogen) atoms.